The number of esters is 1. The Kier molecular flexibility index (Phi) is 3.72. The Balaban J connectivity index is 2.99. The molecule has 0 unspecified atom stereocenters. The van der Waals surface area contributed by atoms with Gasteiger partial charge in [0.2, 0.25) is 0 Å². The highest BCUT2D eigenvalue weighted by Gasteiger charge is 2.42. The Labute approximate surface area is 95.2 Å². The number of carbonyl (C=O) groups is 1. The SMILES string of the molecule is CCOC(=O)C(F)(F)c1ccc([N+](=O)[O-])cc1. The summed E-state index contributed by atoms with van der Waals surface area (Å²) in [6, 6.07) is 3.47. The van der Waals surface area contributed by atoms with E-state index < -0.39 is 22.4 Å². The van der Waals surface area contributed by atoms with Crippen LogP contribution in [0.1, 0.15) is 12.5 Å². The van der Waals surface area contributed by atoms with Gasteiger partial charge in [0.1, 0.15) is 0 Å². The number of non-ortho nitro benzene ring substituents is 1. The fraction of sp³-hybridized carbons (Fsp3) is 0.300. The van der Waals surface area contributed by atoms with E-state index in [4.69, 9.17) is 0 Å². The molecule has 0 fully saturated rings. The number of benzene rings is 1. The number of hydrogen-bond donors (Lipinski definition) is 0. The van der Waals surface area contributed by atoms with Gasteiger partial charge in [-0.25, -0.2) is 4.79 Å². The van der Waals surface area contributed by atoms with Crippen molar-refractivity contribution in [3.05, 3.63) is 39.9 Å². The van der Waals surface area contributed by atoms with E-state index >= 15 is 0 Å². The molecule has 0 aliphatic heterocycles. The molecule has 0 aliphatic carbocycles. The smallest absolute Gasteiger partial charge is 0.381 e. The van der Waals surface area contributed by atoms with Crippen LogP contribution >= 0.6 is 0 Å². The molecule has 0 aromatic heterocycles. The van der Waals surface area contributed by atoms with Crippen LogP contribution in [0, 0.1) is 10.1 Å². The zero-order valence-electron chi connectivity index (χ0n) is 8.85. The van der Waals surface area contributed by atoms with Gasteiger partial charge in [-0.05, 0) is 19.1 Å². The van der Waals surface area contributed by atoms with Gasteiger partial charge < -0.3 is 4.74 Å². The average molecular weight is 245 g/mol. The van der Waals surface area contributed by atoms with Gasteiger partial charge in [-0.1, -0.05) is 0 Å². The van der Waals surface area contributed by atoms with Crippen molar-refractivity contribution < 1.29 is 23.2 Å². The van der Waals surface area contributed by atoms with E-state index in [1.165, 1.54) is 6.92 Å². The molecular weight excluding hydrogens is 236 g/mol. The minimum atomic E-state index is -3.80. The molecule has 0 saturated carbocycles. The Morgan fingerprint density at radius 1 is 1.41 bits per heavy atom. The summed E-state index contributed by atoms with van der Waals surface area (Å²) in [5.74, 6) is -5.47. The molecule has 17 heavy (non-hydrogen) atoms. The molecule has 0 saturated heterocycles. The first-order valence-corrected chi connectivity index (χ1v) is 4.69. The summed E-state index contributed by atoms with van der Waals surface area (Å²) in [4.78, 5) is 20.6. The first-order chi connectivity index (χ1) is 7.89. The van der Waals surface area contributed by atoms with Crippen molar-refractivity contribution in [3.8, 4) is 0 Å². The molecule has 0 heterocycles. The fourth-order valence-electron chi connectivity index (χ4n) is 1.13. The Hall–Kier alpha value is -2.05. The van der Waals surface area contributed by atoms with E-state index in [1.54, 1.807) is 0 Å². The van der Waals surface area contributed by atoms with Crippen LogP contribution in [0.2, 0.25) is 0 Å². The molecule has 7 heteroatoms. The zero-order chi connectivity index (χ0) is 13.1. The summed E-state index contributed by atoms with van der Waals surface area (Å²) in [7, 11) is 0. The molecule has 1 aromatic carbocycles. The number of nitro groups is 1. The van der Waals surface area contributed by atoms with Gasteiger partial charge >= 0.3 is 11.9 Å². The van der Waals surface area contributed by atoms with Crippen molar-refractivity contribution >= 4 is 11.7 Å². The highest BCUT2D eigenvalue weighted by molar-refractivity contribution is 5.79. The van der Waals surface area contributed by atoms with Crippen LogP contribution in [0.15, 0.2) is 24.3 Å². The topological polar surface area (TPSA) is 69.4 Å². The first kappa shape index (κ1) is 13.0. The number of nitro benzene ring substituents is 1. The van der Waals surface area contributed by atoms with E-state index in [-0.39, 0.29) is 12.3 Å². The number of halogens is 2. The third-order valence-electron chi connectivity index (χ3n) is 1.97. The van der Waals surface area contributed by atoms with Crippen LogP contribution in [0.25, 0.3) is 0 Å². The van der Waals surface area contributed by atoms with Crippen LogP contribution < -0.4 is 0 Å². The van der Waals surface area contributed by atoms with E-state index in [1.807, 2.05) is 0 Å². The Morgan fingerprint density at radius 3 is 2.35 bits per heavy atom. The van der Waals surface area contributed by atoms with Crippen LogP contribution in [0.3, 0.4) is 0 Å². The molecule has 92 valence electrons. The molecule has 0 radical (unpaired) electrons. The Morgan fingerprint density at radius 2 is 1.94 bits per heavy atom. The lowest BCUT2D eigenvalue weighted by atomic mass is 10.1. The Bertz CT molecular complexity index is 430. The number of hydrogen-bond acceptors (Lipinski definition) is 4. The minimum absolute atomic E-state index is 0.165. The van der Waals surface area contributed by atoms with Crippen molar-refractivity contribution in [2.45, 2.75) is 12.8 Å². The lowest BCUT2D eigenvalue weighted by molar-refractivity contribution is -0.384. The summed E-state index contributed by atoms with van der Waals surface area (Å²) in [5, 5.41) is 10.3. The number of alkyl halides is 2. The number of ether oxygens (including phenoxy) is 1. The maximum atomic E-state index is 13.4. The fourth-order valence-corrected chi connectivity index (χ4v) is 1.13. The third-order valence-corrected chi connectivity index (χ3v) is 1.97. The molecule has 0 N–H and O–H groups in total. The van der Waals surface area contributed by atoms with Crippen LogP contribution in [0.4, 0.5) is 14.5 Å². The summed E-state index contributed by atoms with van der Waals surface area (Å²) < 4.78 is 31.1. The van der Waals surface area contributed by atoms with E-state index in [0.717, 1.165) is 24.3 Å². The van der Waals surface area contributed by atoms with Gasteiger partial charge in [-0.2, -0.15) is 8.78 Å². The lowest BCUT2D eigenvalue weighted by Gasteiger charge is -2.14. The summed E-state index contributed by atoms with van der Waals surface area (Å²) >= 11 is 0. The zero-order valence-corrected chi connectivity index (χ0v) is 8.85. The number of rotatable bonds is 4. The van der Waals surface area contributed by atoms with E-state index in [0.29, 0.717) is 0 Å². The number of nitrogens with zero attached hydrogens (tertiary/aromatic N) is 1. The van der Waals surface area contributed by atoms with E-state index in [2.05, 4.69) is 4.74 Å². The predicted molar refractivity (Wildman–Crippen MR) is 53.6 cm³/mol. The molecular formula is C10H9F2NO4. The van der Waals surface area contributed by atoms with Crippen molar-refractivity contribution in [2.24, 2.45) is 0 Å². The molecule has 0 bridgehead atoms. The third kappa shape index (κ3) is 2.74. The summed E-state index contributed by atoms with van der Waals surface area (Å²) in [6.07, 6.45) is 0. The standard InChI is InChI=1S/C10H9F2NO4/c1-2-17-9(14)10(11,12)7-3-5-8(6-4-7)13(15)16/h3-6H,2H2,1H3. The summed E-state index contributed by atoms with van der Waals surface area (Å²) in [6.45, 7) is 1.24. The largest absolute Gasteiger partial charge is 0.461 e. The highest BCUT2D eigenvalue weighted by Crippen LogP contribution is 2.30. The van der Waals surface area contributed by atoms with Crippen LogP contribution in [-0.4, -0.2) is 17.5 Å². The lowest BCUT2D eigenvalue weighted by Crippen LogP contribution is -2.28. The van der Waals surface area contributed by atoms with Gasteiger partial charge in [0.25, 0.3) is 5.69 Å². The molecule has 0 atom stereocenters. The normalized spacial score (nSPS) is 11.0. The highest BCUT2D eigenvalue weighted by atomic mass is 19.3. The second-order valence-electron chi connectivity index (χ2n) is 3.10. The van der Waals surface area contributed by atoms with Gasteiger partial charge in [-0.15, -0.1) is 0 Å². The minimum Gasteiger partial charge on any atom is -0.461 e. The monoisotopic (exact) mass is 245 g/mol. The maximum Gasteiger partial charge on any atom is 0.381 e. The van der Waals surface area contributed by atoms with Crippen LogP contribution in [-0.2, 0) is 15.5 Å². The van der Waals surface area contributed by atoms with Gasteiger partial charge in [-0.3, -0.25) is 10.1 Å². The molecule has 1 rings (SSSR count). The summed E-state index contributed by atoms with van der Waals surface area (Å²) in [5.41, 5.74) is -0.963. The molecule has 0 aliphatic rings. The molecule has 0 amide bonds. The quantitative estimate of drug-likeness (QED) is 0.463. The van der Waals surface area contributed by atoms with Gasteiger partial charge in [0.05, 0.1) is 11.5 Å². The van der Waals surface area contributed by atoms with Gasteiger partial charge in [0, 0.05) is 17.7 Å². The van der Waals surface area contributed by atoms with Crippen LogP contribution in [0.5, 0.6) is 0 Å². The second kappa shape index (κ2) is 4.86. The number of carbonyl (C=O) groups excluding carboxylic acids is 1. The van der Waals surface area contributed by atoms with Crippen molar-refractivity contribution in [2.75, 3.05) is 6.61 Å². The van der Waals surface area contributed by atoms with Crippen molar-refractivity contribution in [1.82, 2.24) is 0 Å². The predicted octanol–water partition coefficient (Wildman–Crippen LogP) is 2.25. The maximum absolute atomic E-state index is 13.4. The van der Waals surface area contributed by atoms with E-state index in [9.17, 15) is 23.7 Å². The molecule has 5 nitrogen and oxygen atoms in total. The van der Waals surface area contributed by atoms with Crippen molar-refractivity contribution in [3.63, 3.8) is 0 Å². The first-order valence-electron chi connectivity index (χ1n) is 4.69. The van der Waals surface area contributed by atoms with Gasteiger partial charge in [0.15, 0.2) is 0 Å². The second-order valence-corrected chi connectivity index (χ2v) is 3.10. The average Bonchev–Trinajstić information content (AvgIpc) is 2.29. The molecule has 0 spiro atoms. The van der Waals surface area contributed by atoms with Crippen molar-refractivity contribution in [1.29, 1.82) is 0 Å². The molecule has 1 aromatic rings.